The van der Waals surface area contributed by atoms with Crippen LogP contribution in [0, 0.1) is 0 Å². The molecule has 0 aliphatic rings. The number of unbranched alkanes of at least 4 members (excludes halogenated alkanes) is 17. The molecule has 6 heteroatoms. The fraction of sp³-hybridized carbons (Fsp3) is 1.00. The summed E-state index contributed by atoms with van der Waals surface area (Å²) in [7, 11) is -3.88. The second kappa shape index (κ2) is 25.9. The van der Waals surface area contributed by atoms with E-state index in [1.807, 2.05) is 23.5 Å². The molecule has 0 aliphatic carbocycles. The van der Waals surface area contributed by atoms with E-state index in [-0.39, 0.29) is 6.16 Å². The first-order chi connectivity index (χ1) is 16.0. The van der Waals surface area contributed by atoms with Gasteiger partial charge in [0.2, 0.25) is 0 Å². The number of hydrogen-bond donors (Lipinski definition) is 2. The van der Waals surface area contributed by atoms with Gasteiger partial charge in [0.05, 0.1) is 6.16 Å². The minimum absolute atomic E-state index is 0.0428. The van der Waals surface area contributed by atoms with E-state index in [1.54, 1.807) is 0 Å². The minimum atomic E-state index is -3.88. The van der Waals surface area contributed by atoms with Gasteiger partial charge in [0.1, 0.15) is 0 Å². The highest BCUT2D eigenvalue weighted by molar-refractivity contribution is 8.03. The van der Waals surface area contributed by atoms with Crippen molar-refractivity contribution in [2.75, 3.05) is 23.4 Å². The molecular weight excluding hydrogens is 467 g/mol. The topological polar surface area (TPSA) is 57.5 Å². The van der Waals surface area contributed by atoms with Gasteiger partial charge in [0.15, 0.2) is 0 Å². The van der Waals surface area contributed by atoms with Crippen molar-refractivity contribution in [2.45, 2.75) is 148 Å². The van der Waals surface area contributed by atoms with Gasteiger partial charge in [-0.1, -0.05) is 123 Å². The lowest BCUT2D eigenvalue weighted by atomic mass is 10.1. The van der Waals surface area contributed by atoms with Gasteiger partial charge in [-0.15, -0.1) is 0 Å². The maximum Gasteiger partial charge on any atom is 0.325 e. The zero-order chi connectivity index (χ0) is 24.5. The highest BCUT2D eigenvalue weighted by Gasteiger charge is 2.18. The highest BCUT2D eigenvalue weighted by atomic mass is 32.2. The summed E-state index contributed by atoms with van der Waals surface area (Å²) in [5.41, 5.74) is 0. The molecule has 0 fully saturated rings. The number of thioether (sulfide) groups is 2. The molecule has 2 N–H and O–H groups in total. The van der Waals surface area contributed by atoms with Crippen LogP contribution in [0.4, 0.5) is 0 Å². The van der Waals surface area contributed by atoms with Crippen molar-refractivity contribution in [2.24, 2.45) is 0 Å². The second-order valence-corrected chi connectivity index (χ2v) is 14.1. The summed E-state index contributed by atoms with van der Waals surface area (Å²) >= 11 is 3.95. The van der Waals surface area contributed by atoms with Gasteiger partial charge in [-0.05, 0) is 30.8 Å². The predicted molar refractivity (Wildman–Crippen MR) is 154 cm³/mol. The van der Waals surface area contributed by atoms with Crippen molar-refractivity contribution in [1.82, 2.24) is 0 Å². The van der Waals surface area contributed by atoms with Crippen LogP contribution in [0.1, 0.15) is 142 Å². The molecule has 0 rings (SSSR count). The standard InChI is InChI=1S/C27H57O3PS2/c1-3-5-7-9-11-13-14-15-16-18-20-24-32-26-27(22-23-31(28,29)30)33-25-21-19-17-12-10-8-6-4-2/h27H,3-26H2,1-2H3,(H2,28,29,30). The number of rotatable bonds is 27. The Hall–Kier alpha value is 0.850. The van der Waals surface area contributed by atoms with Gasteiger partial charge >= 0.3 is 7.60 Å². The van der Waals surface area contributed by atoms with Crippen LogP contribution in [0.3, 0.4) is 0 Å². The van der Waals surface area contributed by atoms with Crippen molar-refractivity contribution >= 4 is 31.1 Å². The average molecular weight is 525 g/mol. The molecule has 1 atom stereocenters. The first kappa shape index (κ1) is 33.8. The molecule has 0 saturated heterocycles. The van der Waals surface area contributed by atoms with Crippen molar-refractivity contribution < 1.29 is 14.4 Å². The molecule has 33 heavy (non-hydrogen) atoms. The minimum Gasteiger partial charge on any atom is -0.324 e. The molecule has 200 valence electrons. The Balaban J connectivity index is 3.72. The Kier molecular flexibility index (Phi) is 26.6. The molecule has 0 radical (unpaired) electrons. The third kappa shape index (κ3) is 29.0. The van der Waals surface area contributed by atoms with Crippen LogP contribution < -0.4 is 0 Å². The Bertz CT molecular complexity index is 432. The van der Waals surface area contributed by atoms with Crippen LogP contribution in [0.2, 0.25) is 0 Å². The van der Waals surface area contributed by atoms with E-state index in [0.717, 1.165) is 11.5 Å². The normalized spacial score (nSPS) is 13.0. The largest absolute Gasteiger partial charge is 0.325 e. The highest BCUT2D eigenvalue weighted by Crippen LogP contribution is 2.37. The summed E-state index contributed by atoms with van der Waals surface area (Å²) in [6.45, 7) is 4.54. The molecule has 0 aromatic heterocycles. The summed E-state index contributed by atoms with van der Waals surface area (Å²) in [5.74, 6) is 3.38. The first-order valence-electron chi connectivity index (χ1n) is 14.2. The van der Waals surface area contributed by atoms with Crippen LogP contribution in [-0.4, -0.2) is 38.5 Å². The van der Waals surface area contributed by atoms with E-state index in [4.69, 9.17) is 0 Å². The van der Waals surface area contributed by atoms with Crippen molar-refractivity contribution in [3.63, 3.8) is 0 Å². The van der Waals surface area contributed by atoms with E-state index in [0.29, 0.717) is 11.7 Å². The van der Waals surface area contributed by atoms with Gasteiger partial charge in [-0.2, -0.15) is 23.5 Å². The van der Waals surface area contributed by atoms with Crippen LogP contribution in [0.5, 0.6) is 0 Å². The molecule has 0 aromatic carbocycles. The Labute approximate surface area is 216 Å². The predicted octanol–water partition coefficient (Wildman–Crippen LogP) is 9.84. The van der Waals surface area contributed by atoms with E-state index >= 15 is 0 Å². The Morgan fingerprint density at radius 3 is 1.42 bits per heavy atom. The van der Waals surface area contributed by atoms with E-state index in [9.17, 15) is 14.4 Å². The molecule has 0 aromatic rings. The lowest BCUT2D eigenvalue weighted by Crippen LogP contribution is -2.10. The van der Waals surface area contributed by atoms with Crippen molar-refractivity contribution in [3.8, 4) is 0 Å². The summed E-state index contributed by atoms with van der Waals surface area (Å²) in [5, 5.41) is 0.389. The molecule has 0 spiro atoms. The third-order valence-corrected chi connectivity index (χ3v) is 9.96. The van der Waals surface area contributed by atoms with Crippen molar-refractivity contribution in [3.05, 3.63) is 0 Å². The molecule has 3 nitrogen and oxygen atoms in total. The van der Waals surface area contributed by atoms with Gasteiger partial charge in [0, 0.05) is 11.0 Å². The monoisotopic (exact) mass is 524 g/mol. The van der Waals surface area contributed by atoms with E-state index in [2.05, 4.69) is 13.8 Å². The molecular formula is C27H57O3PS2. The molecule has 0 heterocycles. The lowest BCUT2D eigenvalue weighted by molar-refractivity contribution is 0.371. The van der Waals surface area contributed by atoms with Crippen LogP contribution >= 0.6 is 31.1 Å². The van der Waals surface area contributed by atoms with Gasteiger partial charge in [-0.25, -0.2) is 0 Å². The second-order valence-electron chi connectivity index (χ2n) is 9.76. The summed E-state index contributed by atoms with van der Waals surface area (Å²) in [6.07, 6.45) is 26.6. The number of hydrogen-bond acceptors (Lipinski definition) is 3. The first-order valence-corrected chi connectivity index (χ1v) is 18.2. The molecule has 0 bridgehead atoms. The van der Waals surface area contributed by atoms with Crippen molar-refractivity contribution in [1.29, 1.82) is 0 Å². The molecule has 1 unspecified atom stereocenters. The van der Waals surface area contributed by atoms with Crippen LogP contribution in [0.25, 0.3) is 0 Å². The quantitative estimate of drug-likeness (QED) is 0.0827. The maximum atomic E-state index is 11.3. The smallest absolute Gasteiger partial charge is 0.324 e. The molecule has 0 aliphatic heterocycles. The molecule has 0 amide bonds. The third-order valence-electron chi connectivity index (χ3n) is 6.29. The van der Waals surface area contributed by atoms with Gasteiger partial charge in [0.25, 0.3) is 0 Å². The van der Waals surface area contributed by atoms with Gasteiger partial charge in [-0.3, -0.25) is 4.57 Å². The zero-order valence-corrected chi connectivity index (χ0v) is 24.6. The average Bonchev–Trinajstić information content (AvgIpc) is 2.78. The van der Waals surface area contributed by atoms with E-state index in [1.165, 1.54) is 128 Å². The fourth-order valence-electron chi connectivity index (χ4n) is 4.10. The zero-order valence-electron chi connectivity index (χ0n) is 22.1. The summed E-state index contributed by atoms with van der Waals surface area (Å²) < 4.78 is 11.3. The van der Waals surface area contributed by atoms with Crippen LogP contribution in [0.15, 0.2) is 0 Å². The molecule has 0 saturated carbocycles. The maximum absolute atomic E-state index is 11.3. The summed E-state index contributed by atoms with van der Waals surface area (Å²) in [6, 6.07) is 0. The van der Waals surface area contributed by atoms with Gasteiger partial charge < -0.3 is 9.79 Å². The lowest BCUT2D eigenvalue weighted by Gasteiger charge is -2.17. The Morgan fingerprint density at radius 2 is 1.00 bits per heavy atom. The SMILES string of the molecule is CCCCCCCCCCCCCSCC(CCP(=O)(O)O)SCCCCCCCCCC. The Morgan fingerprint density at radius 1 is 0.606 bits per heavy atom. The fourth-order valence-corrected chi connectivity index (χ4v) is 7.59. The summed E-state index contributed by atoms with van der Waals surface area (Å²) in [4.78, 5) is 18.6. The van der Waals surface area contributed by atoms with Crippen LogP contribution in [-0.2, 0) is 4.57 Å². The van der Waals surface area contributed by atoms with E-state index < -0.39 is 7.60 Å².